The molecule has 0 aliphatic rings. The van der Waals surface area contributed by atoms with Crippen LogP contribution in [-0.4, -0.2) is 37.0 Å². The number of thiophene rings is 1. The van der Waals surface area contributed by atoms with Crippen molar-refractivity contribution < 1.29 is 4.79 Å². The second kappa shape index (κ2) is 8.73. The highest BCUT2D eigenvalue weighted by atomic mass is 32.1. The first-order valence-corrected chi connectivity index (χ1v) is 12.6. The van der Waals surface area contributed by atoms with Gasteiger partial charge in [0.1, 0.15) is 5.69 Å². The van der Waals surface area contributed by atoms with Gasteiger partial charge in [-0.25, -0.2) is 0 Å². The number of nitrogens with zero attached hydrogens (tertiary/aromatic N) is 3. The van der Waals surface area contributed by atoms with Gasteiger partial charge < -0.3 is 10.3 Å². The van der Waals surface area contributed by atoms with E-state index in [9.17, 15) is 4.79 Å². The topological polar surface area (TPSA) is 99.4 Å². The summed E-state index contributed by atoms with van der Waals surface area (Å²) in [6.45, 7) is 5.81. The van der Waals surface area contributed by atoms with E-state index in [0.29, 0.717) is 6.04 Å². The predicted octanol–water partition coefficient (Wildman–Crippen LogP) is 6.92. The summed E-state index contributed by atoms with van der Waals surface area (Å²) >= 11 is 1.49. The Morgan fingerprint density at radius 2 is 1.78 bits per heavy atom. The zero-order valence-corrected chi connectivity index (χ0v) is 20.9. The van der Waals surface area contributed by atoms with E-state index in [1.54, 1.807) is 6.92 Å². The van der Waals surface area contributed by atoms with E-state index >= 15 is 0 Å². The summed E-state index contributed by atoms with van der Waals surface area (Å²) < 4.78 is 0. The Balaban J connectivity index is 1.43. The Morgan fingerprint density at radius 1 is 0.917 bits per heavy atom. The van der Waals surface area contributed by atoms with Gasteiger partial charge in [-0.05, 0) is 62.7 Å². The van der Waals surface area contributed by atoms with E-state index in [-0.39, 0.29) is 5.78 Å². The standard InChI is InChI=1S/C28H24N6OS/c1-15(2)31-19-8-18(11-29-12-19)17-4-5-23-21(9-17)28(34-33-23)24-10-20-22(13-30-14-25(20)32-24)27-7-6-26(36-27)16(3)35/h4-15,31-32H,1-3H3,(H,33,34). The van der Waals surface area contributed by atoms with Gasteiger partial charge in [0.25, 0.3) is 0 Å². The molecule has 6 rings (SSSR count). The molecule has 0 saturated carbocycles. The average Bonchev–Trinajstić information content (AvgIpc) is 3.60. The molecule has 6 aromatic rings. The number of hydrogen-bond donors (Lipinski definition) is 3. The van der Waals surface area contributed by atoms with Gasteiger partial charge in [0.15, 0.2) is 5.78 Å². The number of carbonyl (C=O) groups excluding carboxylic acids is 1. The lowest BCUT2D eigenvalue weighted by molar-refractivity contribution is 0.102. The normalized spacial score (nSPS) is 11.6. The first-order valence-electron chi connectivity index (χ1n) is 11.7. The molecule has 0 amide bonds. The van der Waals surface area contributed by atoms with Gasteiger partial charge in [-0.15, -0.1) is 11.3 Å². The fourth-order valence-corrected chi connectivity index (χ4v) is 5.38. The summed E-state index contributed by atoms with van der Waals surface area (Å²) in [6, 6.07) is 14.7. The quantitative estimate of drug-likeness (QED) is 0.219. The number of aromatic nitrogens is 5. The molecule has 0 unspecified atom stereocenters. The van der Waals surface area contributed by atoms with Gasteiger partial charge in [-0.3, -0.25) is 19.9 Å². The van der Waals surface area contributed by atoms with E-state index in [0.717, 1.165) is 65.3 Å². The number of aromatic amines is 2. The maximum Gasteiger partial charge on any atom is 0.169 e. The van der Waals surface area contributed by atoms with Crippen LogP contribution in [0, 0.1) is 0 Å². The molecular weight excluding hydrogens is 468 g/mol. The molecule has 36 heavy (non-hydrogen) atoms. The number of H-pyrrole nitrogens is 2. The molecule has 7 nitrogen and oxygen atoms in total. The van der Waals surface area contributed by atoms with Crippen molar-refractivity contribution in [2.75, 3.05) is 5.32 Å². The van der Waals surface area contributed by atoms with Crippen LogP contribution in [0.15, 0.2) is 67.3 Å². The molecule has 0 fully saturated rings. The fraction of sp³-hybridized carbons (Fsp3) is 0.143. The van der Waals surface area contributed by atoms with E-state index in [4.69, 9.17) is 0 Å². The summed E-state index contributed by atoms with van der Waals surface area (Å²) in [5.41, 5.74) is 7.72. The summed E-state index contributed by atoms with van der Waals surface area (Å²) in [5, 5.41) is 13.3. The SMILES string of the molecule is CC(=O)c1ccc(-c2cncc3[nH]c(-c4n[nH]c5ccc(-c6cncc(NC(C)C)c6)cc45)cc23)s1. The van der Waals surface area contributed by atoms with Crippen LogP contribution in [0.3, 0.4) is 0 Å². The Kier molecular flexibility index (Phi) is 5.38. The van der Waals surface area contributed by atoms with Crippen molar-refractivity contribution in [1.82, 2.24) is 25.1 Å². The number of pyridine rings is 2. The molecule has 0 radical (unpaired) electrons. The lowest BCUT2D eigenvalue weighted by atomic mass is 10.0. The van der Waals surface area contributed by atoms with Gasteiger partial charge in [0, 0.05) is 51.4 Å². The van der Waals surface area contributed by atoms with Crippen LogP contribution in [0.5, 0.6) is 0 Å². The highest BCUT2D eigenvalue weighted by Crippen LogP contribution is 2.37. The number of fused-ring (bicyclic) bond motifs is 2. The number of rotatable bonds is 6. The second-order valence-corrected chi connectivity index (χ2v) is 10.2. The van der Waals surface area contributed by atoms with E-state index in [1.807, 2.05) is 43.0 Å². The van der Waals surface area contributed by atoms with Crippen molar-refractivity contribution >= 4 is 44.6 Å². The van der Waals surface area contributed by atoms with E-state index in [1.165, 1.54) is 11.3 Å². The third kappa shape index (κ3) is 3.95. The number of anilines is 1. The van der Waals surface area contributed by atoms with Crippen LogP contribution in [-0.2, 0) is 0 Å². The Bertz CT molecular complexity index is 1740. The maximum atomic E-state index is 11.8. The van der Waals surface area contributed by atoms with E-state index in [2.05, 4.69) is 68.6 Å². The molecule has 0 bridgehead atoms. The summed E-state index contributed by atoms with van der Waals surface area (Å²) in [4.78, 5) is 25.9. The molecule has 0 aliphatic carbocycles. The molecular formula is C28H24N6OS. The summed E-state index contributed by atoms with van der Waals surface area (Å²) in [7, 11) is 0. The number of Topliss-reactive ketones (excluding diaryl/α,β-unsaturated/α-hetero) is 1. The minimum atomic E-state index is 0.0701. The summed E-state index contributed by atoms with van der Waals surface area (Å²) in [5.74, 6) is 0.0701. The smallest absolute Gasteiger partial charge is 0.169 e. The number of carbonyl (C=O) groups is 1. The molecule has 8 heteroatoms. The van der Waals surface area contributed by atoms with Crippen LogP contribution < -0.4 is 5.32 Å². The monoisotopic (exact) mass is 492 g/mol. The highest BCUT2D eigenvalue weighted by Gasteiger charge is 2.16. The van der Waals surface area contributed by atoms with Crippen LogP contribution in [0.4, 0.5) is 5.69 Å². The molecule has 178 valence electrons. The van der Waals surface area contributed by atoms with Gasteiger partial charge >= 0.3 is 0 Å². The third-order valence-electron chi connectivity index (χ3n) is 6.11. The van der Waals surface area contributed by atoms with Crippen molar-refractivity contribution in [3.8, 4) is 33.0 Å². The van der Waals surface area contributed by atoms with Crippen molar-refractivity contribution in [2.45, 2.75) is 26.8 Å². The number of benzene rings is 1. The van der Waals surface area contributed by atoms with Gasteiger partial charge in [-0.2, -0.15) is 5.10 Å². The zero-order chi connectivity index (χ0) is 24.8. The number of ketones is 1. The molecule has 1 aromatic carbocycles. The largest absolute Gasteiger partial charge is 0.382 e. The third-order valence-corrected chi connectivity index (χ3v) is 7.33. The number of hydrogen-bond acceptors (Lipinski definition) is 6. The minimum absolute atomic E-state index is 0.0701. The van der Waals surface area contributed by atoms with E-state index < -0.39 is 0 Å². The van der Waals surface area contributed by atoms with Crippen LogP contribution in [0.25, 0.3) is 54.8 Å². The molecule has 5 aromatic heterocycles. The fourth-order valence-electron chi connectivity index (χ4n) is 4.46. The molecule has 5 heterocycles. The van der Waals surface area contributed by atoms with Crippen molar-refractivity contribution in [2.24, 2.45) is 0 Å². The second-order valence-electron chi connectivity index (χ2n) is 9.15. The predicted molar refractivity (Wildman–Crippen MR) is 146 cm³/mol. The minimum Gasteiger partial charge on any atom is -0.382 e. The Hall–Kier alpha value is -4.30. The van der Waals surface area contributed by atoms with Crippen LogP contribution in [0.2, 0.25) is 0 Å². The number of nitrogens with one attached hydrogen (secondary N) is 3. The molecule has 3 N–H and O–H groups in total. The van der Waals surface area contributed by atoms with Crippen molar-refractivity contribution in [1.29, 1.82) is 0 Å². The lowest BCUT2D eigenvalue weighted by Gasteiger charge is -2.11. The lowest BCUT2D eigenvalue weighted by Crippen LogP contribution is -2.09. The van der Waals surface area contributed by atoms with Gasteiger partial charge in [0.2, 0.25) is 0 Å². The summed E-state index contributed by atoms with van der Waals surface area (Å²) in [6.07, 6.45) is 7.39. The van der Waals surface area contributed by atoms with Crippen LogP contribution in [0.1, 0.15) is 30.4 Å². The highest BCUT2D eigenvalue weighted by molar-refractivity contribution is 7.17. The Morgan fingerprint density at radius 3 is 2.58 bits per heavy atom. The maximum absolute atomic E-state index is 11.8. The first-order chi connectivity index (χ1) is 17.5. The molecule has 0 spiro atoms. The van der Waals surface area contributed by atoms with Crippen molar-refractivity contribution in [3.63, 3.8) is 0 Å². The molecule has 0 aliphatic heterocycles. The van der Waals surface area contributed by atoms with Gasteiger partial charge in [-0.1, -0.05) is 6.07 Å². The van der Waals surface area contributed by atoms with Gasteiger partial charge in [0.05, 0.1) is 33.5 Å². The zero-order valence-electron chi connectivity index (χ0n) is 20.1. The first kappa shape index (κ1) is 22.2. The van der Waals surface area contributed by atoms with Crippen LogP contribution >= 0.6 is 11.3 Å². The average molecular weight is 493 g/mol. The molecule has 0 saturated heterocycles. The molecule has 0 atom stereocenters. The Labute approximate surface area is 211 Å². The van der Waals surface area contributed by atoms with Crippen molar-refractivity contribution in [3.05, 3.63) is 72.1 Å².